The first-order chi connectivity index (χ1) is 7.16. The van der Waals surface area contributed by atoms with Crippen molar-refractivity contribution in [3.63, 3.8) is 0 Å². The third-order valence-corrected chi connectivity index (χ3v) is 2.18. The molecular weight excluding hydrogens is 191 g/mol. The van der Waals surface area contributed by atoms with Gasteiger partial charge in [0.15, 0.2) is 0 Å². The summed E-state index contributed by atoms with van der Waals surface area (Å²) in [5, 5.41) is 0. The van der Waals surface area contributed by atoms with Gasteiger partial charge in [-0.25, -0.2) is 4.39 Å². The van der Waals surface area contributed by atoms with E-state index in [2.05, 4.69) is 9.97 Å². The van der Waals surface area contributed by atoms with E-state index in [1.54, 1.807) is 18.3 Å². The van der Waals surface area contributed by atoms with Gasteiger partial charge in [-0.05, 0) is 38.1 Å². The lowest BCUT2D eigenvalue weighted by Crippen LogP contribution is -1.94. The highest BCUT2D eigenvalue weighted by molar-refractivity contribution is 5.60. The van der Waals surface area contributed by atoms with E-state index < -0.39 is 0 Å². The highest BCUT2D eigenvalue weighted by atomic mass is 19.1. The van der Waals surface area contributed by atoms with Crippen LogP contribution in [-0.2, 0) is 0 Å². The number of halogens is 1. The molecule has 0 atom stereocenters. The summed E-state index contributed by atoms with van der Waals surface area (Å²) in [6.07, 6.45) is 1.71. The summed E-state index contributed by atoms with van der Waals surface area (Å²) >= 11 is 0. The molecule has 1 aromatic heterocycles. The van der Waals surface area contributed by atoms with Crippen LogP contribution in [0.25, 0.3) is 11.3 Å². The lowest BCUT2D eigenvalue weighted by molar-refractivity contribution is 0.628. The van der Waals surface area contributed by atoms with Gasteiger partial charge in [0.1, 0.15) is 5.82 Å². The van der Waals surface area contributed by atoms with Gasteiger partial charge >= 0.3 is 0 Å². The molecule has 2 nitrogen and oxygen atoms in total. The number of aryl methyl sites for hydroxylation is 2. The molecule has 0 spiro atoms. The first kappa shape index (κ1) is 9.77. The standard InChI is InChI=1S/C12H11FN2/c1-8-7-14-12(9(2)15-8)10-3-5-11(13)6-4-10/h3-7H,1-2H3. The van der Waals surface area contributed by atoms with Crippen LogP contribution in [-0.4, -0.2) is 9.97 Å². The maximum Gasteiger partial charge on any atom is 0.123 e. The van der Waals surface area contributed by atoms with Gasteiger partial charge in [0.25, 0.3) is 0 Å². The molecule has 1 aromatic carbocycles. The molecule has 0 saturated heterocycles. The predicted octanol–water partition coefficient (Wildman–Crippen LogP) is 2.90. The van der Waals surface area contributed by atoms with Gasteiger partial charge in [-0.15, -0.1) is 0 Å². The number of hydrogen-bond acceptors (Lipinski definition) is 2. The molecule has 3 heteroatoms. The van der Waals surface area contributed by atoms with Crippen molar-refractivity contribution in [3.05, 3.63) is 47.7 Å². The highest BCUT2D eigenvalue weighted by Crippen LogP contribution is 2.19. The molecule has 15 heavy (non-hydrogen) atoms. The fraction of sp³-hybridized carbons (Fsp3) is 0.167. The SMILES string of the molecule is Cc1cnc(-c2ccc(F)cc2)c(C)n1. The lowest BCUT2D eigenvalue weighted by atomic mass is 10.1. The van der Waals surface area contributed by atoms with Crippen LogP contribution in [0, 0.1) is 19.7 Å². The average molecular weight is 202 g/mol. The van der Waals surface area contributed by atoms with E-state index in [9.17, 15) is 4.39 Å². The van der Waals surface area contributed by atoms with Crippen molar-refractivity contribution in [1.82, 2.24) is 9.97 Å². The Morgan fingerprint density at radius 2 is 1.73 bits per heavy atom. The van der Waals surface area contributed by atoms with Crippen LogP contribution >= 0.6 is 0 Å². The molecule has 2 rings (SSSR count). The zero-order valence-corrected chi connectivity index (χ0v) is 8.66. The molecule has 0 radical (unpaired) electrons. The van der Waals surface area contributed by atoms with Crippen LogP contribution in [0.2, 0.25) is 0 Å². The Bertz CT molecular complexity index is 477. The van der Waals surface area contributed by atoms with Gasteiger partial charge in [0.05, 0.1) is 17.1 Å². The van der Waals surface area contributed by atoms with Crippen LogP contribution in [0.3, 0.4) is 0 Å². The smallest absolute Gasteiger partial charge is 0.123 e. The van der Waals surface area contributed by atoms with E-state index in [1.165, 1.54) is 12.1 Å². The summed E-state index contributed by atoms with van der Waals surface area (Å²) in [6, 6.07) is 6.27. The molecule has 0 amide bonds. The number of hydrogen-bond donors (Lipinski definition) is 0. The minimum absolute atomic E-state index is 0.239. The molecule has 0 unspecified atom stereocenters. The van der Waals surface area contributed by atoms with Gasteiger partial charge in [-0.2, -0.15) is 0 Å². The minimum Gasteiger partial charge on any atom is -0.255 e. The molecule has 0 N–H and O–H groups in total. The van der Waals surface area contributed by atoms with Crippen molar-refractivity contribution in [2.45, 2.75) is 13.8 Å². The Kier molecular flexibility index (Phi) is 2.46. The Morgan fingerprint density at radius 1 is 1.07 bits per heavy atom. The summed E-state index contributed by atoms with van der Waals surface area (Å²) in [7, 11) is 0. The van der Waals surface area contributed by atoms with Gasteiger partial charge in [-0.3, -0.25) is 9.97 Å². The molecule has 76 valence electrons. The Morgan fingerprint density at radius 3 is 2.33 bits per heavy atom. The largest absolute Gasteiger partial charge is 0.255 e. The molecule has 0 saturated carbocycles. The van der Waals surface area contributed by atoms with Crippen molar-refractivity contribution in [3.8, 4) is 11.3 Å². The summed E-state index contributed by atoms with van der Waals surface area (Å²) in [6.45, 7) is 3.80. The number of rotatable bonds is 1. The average Bonchev–Trinajstić information content (AvgIpc) is 2.20. The Balaban J connectivity index is 2.49. The lowest BCUT2D eigenvalue weighted by Gasteiger charge is -2.04. The van der Waals surface area contributed by atoms with Crippen molar-refractivity contribution in [2.24, 2.45) is 0 Å². The second-order valence-corrected chi connectivity index (χ2v) is 3.45. The maximum absolute atomic E-state index is 12.7. The molecule has 0 bridgehead atoms. The topological polar surface area (TPSA) is 25.8 Å². The molecule has 0 fully saturated rings. The van der Waals surface area contributed by atoms with Crippen molar-refractivity contribution in [1.29, 1.82) is 0 Å². The number of nitrogens with zero attached hydrogens (tertiary/aromatic N) is 2. The summed E-state index contributed by atoms with van der Waals surface area (Å²) in [4.78, 5) is 8.61. The second kappa shape index (κ2) is 3.77. The summed E-state index contributed by atoms with van der Waals surface area (Å²) in [5.74, 6) is -0.239. The number of aromatic nitrogens is 2. The van der Waals surface area contributed by atoms with Crippen LogP contribution < -0.4 is 0 Å². The Labute approximate surface area is 87.8 Å². The highest BCUT2D eigenvalue weighted by Gasteiger charge is 2.04. The van der Waals surface area contributed by atoms with E-state index in [4.69, 9.17) is 0 Å². The molecule has 1 heterocycles. The third kappa shape index (κ3) is 2.01. The van der Waals surface area contributed by atoms with Crippen molar-refractivity contribution < 1.29 is 4.39 Å². The fourth-order valence-electron chi connectivity index (χ4n) is 1.49. The first-order valence-electron chi connectivity index (χ1n) is 4.73. The van der Waals surface area contributed by atoms with Crippen LogP contribution in [0.4, 0.5) is 4.39 Å². The first-order valence-corrected chi connectivity index (χ1v) is 4.73. The van der Waals surface area contributed by atoms with E-state index >= 15 is 0 Å². The van der Waals surface area contributed by atoms with Crippen molar-refractivity contribution in [2.75, 3.05) is 0 Å². The number of benzene rings is 1. The van der Waals surface area contributed by atoms with Gasteiger partial charge in [0.2, 0.25) is 0 Å². The maximum atomic E-state index is 12.7. The quantitative estimate of drug-likeness (QED) is 0.710. The molecule has 2 aromatic rings. The summed E-state index contributed by atoms with van der Waals surface area (Å²) in [5.41, 5.74) is 3.45. The molecule has 0 aliphatic carbocycles. The van der Waals surface area contributed by atoms with E-state index in [-0.39, 0.29) is 5.82 Å². The zero-order valence-electron chi connectivity index (χ0n) is 8.66. The van der Waals surface area contributed by atoms with Crippen LogP contribution in [0.5, 0.6) is 0 Å². The van der Waals surface area contributed by atoms with Gasteiger partial charge in [-0.1, -0.05) is 0 Å². The monoisotopic (exact) mass is 202 g/mol. The Hall–Kier alpha value is -1.77. The molecular formula is C12H11FN2. The van der Waals surface area contributed by atoms with Crippen molar-refractivity contribution >= 4 is 0 Å². The van der Waals surface area contributed by atoms with Crippen LogP contribution in [0.1, 0.15) is 11.4 Å². The van der Waals surface area contributed by atoms with E-state index in [0.717, 1.165) is 22.6 Å². The van der Waals surface area contributed by atoms with E-state index in [1.807, 2.05) is 13.8 Å². The summed E-state index contributed by atoms with van der Waals surface area (Å²) < 4.78 is 12.7. The third-order valence-electron chi connectivity index (χ3n) is 2.18. The van der Waals surface area contributed by atoms with Gasteiger partial charge < -0.3 is 0 Å². The minimum atomic E-state index is -0.239. The van der Waals surface area contributed by atoms with Crippen LogP contribution in [0.15, 0.2) is 30.5 Å². The molecule has 0 aliphatic heterocycles. The second-order valence-electron chi connectivity index (χ2n) is 3.45. The predicted molar refractivity (Wildman–Crippen MR) is 56.9 cm³/mol. The van der Waals surface area contributed by atoms with E-state index in [0.29, 0.717) is 0 Å². The zero-order chi connectivity index (χ0) is 10.8. The van der Waals surface area contributed by atoms with Gasteiger partial charge in [0, 0.05) is 11.8 Å². The fourth-order valence-corrected chi connectivity index (χ4v) is 1.49. The normalized spacial score (nSPS) is 10.3. The molecule has 0 aliphatic rings.